The van der Waals surface area contributed by atoms with Gasteiger partial charge in [0.25, 0.3) is 0 Å². The molecule has 1 aromatic carbocycles. The smallest absolute Gasteiger partial charge is 0.338 e. The number of hydrogen-bond acceptors (Lipinski definition) is 3. The molecule has 3 nitrogen and oxygen atoms in total. The molecule has 0 aliphatic carbocycles. The number of aryl methyl sites for hydroxylation is 1. The van der Waals surface area contributed by atoms with Crippen molar-refractivity contribution in [1.82, 2.24) is 0 Å². The lowest BCUT2D eigenvalue weighted by Crippen LogP contribution is -2.23. The molecule has 18 heavy (non-hydrogen) atoms. The van der Waals surface area contributed by atoms with Crippen molar-refractivity contribution in [1.29, 1.82) is 0 Å². The van der Waals surface area contributed by atoms with Gasteiger partial charge >= 0.3 is 5.97 Å². The van der Waals surface area contributed by atoms with Gasteiger partial charge < -0.3 is 9.47 Å². The zero-order chi connectivity index (χ0) is 13.3. The van der Waals surface area contributed by atoms with Gasteiger partial charge in [-0.05, 0) is 32.8 Å². The first-order valence-electron chi connectivity index (χ1n) is 6.45. The number of benzene rings is 1. The third-order valence-electron chi connectivity index (χ3n) is 3.33. The minimum atomic E-state index is -0.473. The number of rotatable bonds is 4. The lowest BCUT2D eigenvalue weighted by atomic mass is 9.92. The number of esters is 1. The molecule has 1 aliphatic rings. The van der Waals surface area contributed by atoms with E-state index < -0.39 is 11.7 Å². The first-order chi connectivity index (χ1) is 8.49. The fourth-order valence-electron chi connectivity index (χ4n) is 2.24. The van der Waals surface area contributed by atoms with E-state index >= 15 is 0 Å². The quantitative estimate of drug-likeness (QED) is 0.607. The van der Waals surface area contributed by atoms with Crippen LogP contribution in [0.2, 0.25) is 0 Å². The van der Waals surface area contributed by atoms with Crippen molar-refractivity contribution in [2.75, 3.05) is 0 Å². The molecule has 0 N–H and O–H groups in total. The summed E-state index contributed by atoms with van der Waals surface area (Å²) in [6, 6.07) is 8.14. The molecular formula is C15H20O3. The maximum atomic E-state index is 11.9. The van der Waals surface area contributed by atoms with Gasteiger partial charge in [0.2, 0.25) is 0 Å². The molecule has 2 unspecified atom stereocenters. The van der Waals surface area contributed by atoms with E-state index in [-0.39, 0.29) is 12.1 Å². The van der Waals surface area contributed by atoms with Crippen molar-refractivity contribution < 1.29 is 14.3 Å². The SMILES string of the molecule is CCC1(c2ccc(C)cc2)OC1C(=O)OC(C)C. The van der Waals surface area contributed by atoms with Gasteiger partial charge in [0.15, 0.2) is 6.10 Å². The molecule has 1 fully saturated rings. The predicted molar refractivity (Wildman–Crippen MR) is 69.2 cm³/mol. The minimum Gasteiger partial charge on any atom is -0.461 e. The number of carbonyl (C=O) groups excluding carboxylic acids is 1. The van der Waals surface area contributed by atoms with Crippen molar-refractivity contribution in [3.8, 4) is 0 Å². The lowest BCUT2D eigenvalue weighted by Gasteiger charge is -2.12. The molecule has 0 spiro atoms. The number of epoxide rings is 1. The Morgan fingerprint density at radius 1 is 1.39 bits per heavy atom. The maximum Gasteiger partial charge on any atom is 0.338 e. The zero-order valence-corrected chi connectivity index (χ0v) is 11.4. The van der Waals surface area contributed by atoms with Gasteiger partial charge in [-0.1, -0.05) is 36.8 Å². The summed E-state index contributed by atoms with van der Waals surface area (Å²) in [5.74, 6) is -0.257. The molecular weight excluding hydrogens is 228 g/mol. The van der Waals surface area contributed by atoms with Crippen LogP contribution < -0.4 is 0 Å². The Morgan fingerprint density at radius 2 is 2.00 bits per heavy atom. The highest BCUT2D eigenvalue weighted by Crippen LogP contribution is 2.49. The molecule has 0 aromatic heterocycles. The average molecular weight is 248 g/mol. The van der Waals surface area contributed by atoms with Gasteiger partial charge in [-0.3, -0.25) is 0 Å². The summed E-state index contributed by atoms with van der Waals surface area (Å²) in [6.07, 6.45) is 0.218. The Morgan fingerprint density at radius 3 is 2.50 bits per heavy atom. The van der Waals surface area contributed by atoms with Crippen LogP contribution in [-0.2, 0) is 19.9 Å². The molecule has 98 valence electrons. The second-order valence-corrected chi connectivity index (χ2v) is 5.09. The topological polar surface area (TPSA) is 38.8 Å². The Bertz CT molecular complexity index is 436. The van der Waals surface area contributed by atoms with Gasteiger partial charge in [-0.15, -0.1) is 0 Å². The summed E-state index contributed by atoms with van der Waals surface area (Å²) >= 11 is 0. The molecule has 1 heterocycles. The van der Waals surface area contributed by atoms with Crippen molar-refractivity contribution in [3.05, 3.63) is 35.4 Å². The first kappa shape index (κ1) is 13.1. The van der Waals surface area contributed by atoms with Crippen molar-refractivity contribution in [2.24, 2.45) is 0 Å². The van der Waals surface area contributed by atoms with Crippen molar-refractivity contribution in [3.63, 3.8) is 0 Å². The third kappa shape index (κ3) is 2.27. The summed E-state index contributed by atoms with van der Waals surface area (Å²) in [7, 11) is 0. The van der Waals surface area contributed by atoms with E-state index in [1.807, 2.05) is 52.0 Å². The highest BCUT2D eigenvalue weighted by atomic mass is 16.7. The highest BCUT2D eigenvalue weighted by Gasteiger charge is 2.61. The maximum absolute atomic E-state index is 11.9. The number of ether oxygens (including phenoxy) is 2. The summed E-state index contributed by atoms with van der Waals surface area (Å²) in [5, 5.41) is 0. The molecule has 2 atom stereocenters. The average Bonchev–Trinajstić information content (AvgIpc) is 3.05. The van der Waals surface area contributed by atoms with Crippen LogP contribution in [0.5, 0.6) is 0 Å². The van der Waals surface area contributed by atoms with Gasteiger partial charge in [0.05, 0.1) is 6.10 Å². The normalized spacial score (nSPS) is 26.2. The molecule has 2 rings (SSSR count). The van der Waals surface area contributed by atoms with E-state index in [2.05, 4.69) is 0 Å². The molecule has 3 heteroatoms. The molecule has 0 bridgehead atoms. The summed E-state index contributed by atoms with van der Waals surface area (Å²) < 4.78 is 10.9. The molecule has 0 saturated carbocycles. The van der Waals surface area contributed by atoms with E-state index in [4.69, 9.17) is 9.47 Å². The Kier molecular flexibility index (Phi) is 3.44. The van der Waals surface area contributed by atoms with E-state index in [9.17, 15) is 4.79 Å². The summed E-state index contributed by atoms with van der Waals surface area (Å²) in [6.45, 7) is 7.77. The van der Waals surface area contributed by atoms with Crippen molar-refractivity contribution in [2.45, 2.75) is 51.9 Å². The van der Waals surface area contributed by atoms with E-state index in [1.54, 1.807) is 0 Å². The van der Waals surface area contributed by atoms with Crippen LogP contribution in [0, 0.1) is 6.92 Å². The van der Waals surface area contributed by atoms with Gasteiger partial charge in [-0.2, -0.15) is 0 Å². The van der Waals surface area contributed by atoms with E-state index in [0.717, 1.165) is 12.0 Å². The van der Waals surface area contributed by atoms with Crippen LogP contribution >= 0.6 is 0 Å². The first-order valence-corrected chi connectivity index (χ1v) is 6.45. The fraction of sp³-hybridized carbons (Fsp3) is 0.533. The van der Waals surface area contributed by atoms with Gasteiger partial charge in [0.1, 0.15) is 5.60 Å². The monoisotopic (exact) mass is 248 g/mol. The van der Waals surface area contributed by atoms with E-state index in [0.29, 0.717) is 0 Å². The molecule has 0 radical (unpaired) electrons. The third-order valence-corrected chi connectivity index (χ3v) is 3.33. The predicted octanol–water partition coefficient (Wildman–Crippen LogP) is 2.95. The number of hydrogen-bond donors (Lipinski definition) is 0. The van der Waals surface area contributed by atoms with Crippen LogP contribution in [0.4, 0.5) is 0 Å². The second kappa shape index (κ2) is 4.73. The lowest BCUT2D eigenvalue weighted by molar-refractivity contribution is -0.148. The van der Waals surface area contributed by atoms with Crippen LogP contribution in [-0.4, -0.2) is 18.2 Å². The summed E-state index contributed by atoms with van der Waals surface area (Å²) in [5.41, 5.74) is 1.79. The molecule has 0 amide bonds. The largest absolute Gasteiger partial charge is 0.461 e. The Hall–Kier alpha value is -1.35. The van der Waals surface area contributed by atoms with Crippen molar-refractivity contribution >= 4 is 5.97 Å². The summed E-state index contributed by atoms with van der Waals surface area (Å²) in [4.78, 5) is 11.9. The molecule has 1 saturated heterocycles. The van der Waals surface area contributed by atoms with Crippen LogP contribution in [0.15, 0.2) is 24.3 Å². The van der Waals surface area contributed by atoms with Gasteiger partial charge in [-0.25, -0.2) is 4.79 Å². The zero-order valence-electron chi connectivity index (χ0n) is 11.4. The van der Waals surface area contributed by atoms with E-state index in [1.165, 1.54) is 5.56 Å². The molecule has 1 aliphatic heterocycles. The van der Waals surface area contributed by atoms with Crippen LogP contribution in [0.1, 0.15) is 38.3 Å². The Labute approximate surface area is 108 Å². The standard InChI is InChI=1S/C15H20O3/c1-5-15(12-8-6-11(4)7-9-12)13(18-15)14(16)17-10(2)3/h6-10,13H,5H2,1-4H3. The van der Waals surface area contributed by atoms with Crippen LogP contribution in [0.3, 0.4) is 0 Å². The second-order valence-electron chi connectivity index (χ2n) is 5.09. The fourth-order valence-corrected chi connectivity index (χ4v) is 2.24. The minimum absolute atomic E-state index is 0.103. The Balaban J connectivity index is 2.15. The molecule has 1 aromatic rings. The van der Waals surface area contributed by atoms with Crippen LogP contribution in [0.25, 0.3) is 0 Å². The van der Waals surface area contributed by atoms with Gasteiger partial charge in [0, 0.05) is 0 Å². The highest BCUT2D eigenvalue weighted by molar-refractivity contribution is 5.80. The number of carbonyl (C=O) groups is 1.